The van der Waals surface area contributed by atoms with Crippen LogP contribution in [0.4, 0.5) is 0 Å². The number of carboxylic acids is 1. The summed E-state index contributed by atoms with van der Waals surface area (Å²) in [6.45, 7) is 2.48. The van der Waals surface area contributed by atoms with Gasteiger partial charge in [0.15, 0.2) is 0 Å². The Hall–Kier alpha value is -2.22. The van der Waals surface area contributed by atoms with E-state index in [1.165, 1.54) is 13.8 Å². The summed E-state index contributed by atoms with van der Waals surface area (Å²) < 4.78 is 0. The molecule has 2 atom stereocenters. The standard InChI is InChI=1S/C11H11ClN2O6/c1-5(13(17)18)7-3-9(11(15)16)10(12)4-8(7)6(2)14(19)20/h3-6H,1-2H3,(H,15,16). The van der Waals surface area contributed by atoms with Gasteiger partial charge in [-0.05, 0) is 12.1 Å². The zero-order chi connectivity index (χ0) is 15.6. The number of rotatable bonds is 5. The number of nitrogens with zero attached hydrogens (tertiary/aromatic N) is 2. The molecule has 1 aromatic carbocycles. The molecule has 0 heterocycles. The van der Waals surface area contributed by atoms with Crippen molar-refractivity contribution in [3.05, 3.63) is 54.1 Å². The van der Waals surface area contributed by atoms with Crippen molar-refractivity contribution in [3.8, 4) is 0 Å². The molecule has 2 unspecified atom stereocenters. The summed E-state index contributed by atoms with van der Waals surface area (Å²) in [5.41, 5.74) is -0.315. The normalized spacial score (nSPS) is 13.6. The van der Waals surface area contributed by atoms with Gasteiger partial charge in [0.2, 0.25) is 12.1 Å². The Labute approximate surface area is 118 Å². The van der Waals surface area contributed by atoms with Crippen molar-refractivity contribution in [2.24, 2.45) is 0 Å². The molecular formula is C11H11ClN2O6. The highest BCUT2D eigenvalue weighted by molar-refractivity contribution is 6.33. The summed E-state index contributed by atoms with van der Waals surface area (Å²) in [6, 6.07) is -0.378. The number of carboxylic acid groups (broad SMARTS) is 1. The van der Waals surface area contributed by atoms with Gasteiger partial charge in [-0.25, -0.2) is 4.79 Å². The van der Waals surface area contributed by atoms with Crippen LogP contribution in [-0.4, -0.2) is 20.9 Å². The molecule has 0 fully saturated rings. The second kappa shape index (κ2) is 5.83. The van der Waals surface area contributed by atoms with E-state index in [1.807, 2.05) is 0 Å². The lowest BCUT2D eigenvalue weighted by Gasteiger charge is -2.14. The van der Waals surface area contributed by atoms with Crippen LogP contribution in [0.1, 0.15) is 47.4 Å². The largest absolute Gasteiger partial charge is 0.478 e. The fraction of sp³-hybridized carbons (Fsp3) is 0.364. The molecule has 1 rings (SSSR count). The van der Waals surface area contributed by atoms with Crippen molar-refractivity contribution < 1.29 is 19.7 Å². The molecule has 108 valence electrons. The zero-order valence-electron chi connectivity index (χ0n) is 10.6. The zero-order valence-corrected chi connectivity index (χ0v) is 11.3. The molecule has 0 amide bonds. The molecule has 20 heavy (non-hydrogen) atoms. The first-order chi connectivity index (χ1) is 9.16. The smallest absolute Gasteiger partial charge is 0.337 e. The highest BCUT2D eigenvalue weighted by Gasteiger charge is 2.30. The lowest BCUT2D eigenvalue weighted by Crippen LogP contribution is -2.16. The summed E-state index contributed by atoms with van der Waals surface area (Å²) in [5, 5.41) is 30.5. The third-order valence-electron chi connectivity index (χ3n) is 2.94. The van der Waals surface area contributed by atoms with Crippen LogP contribution in [0.15, 0.2) is 12.1 Å². The molecule has 0 aromatic heterocycles. The third-order valence-corrected chi connectivity index (χ3v) is 3.25. The molecule has 0 radical (unpaired) electrons. The van der Waals surface area contributed by atoms with Crippen LogP contribution in [-0.2, 0) is 0 Å². The first-order valence-electron chi connectivity index (χ1n) is 5.50. The van der Waals surface area contributed by atoms with E-state index in [9.17, 15) is 25.0 Å². The lowest BCUT2D eigenvalue weighted by atomic mass is 9.94. The maximum absolute atomic E-state index is 11.0. The molecule has 9 heteroatoms. The maximum Gasteiger partial charge on any atom is 0.337 e. The highest BCUT2D eigenvalue weighted by atomic mass is 35.5. The van der Waals surface area contributed by atoms with Gasteiger partial charge in [-0.3, -0.25) is 20.2 Å². The molecule has 1 aromatic rings. The minimum atomic E-state index is -1.35. The van der Waals surface area contributed by atoms with Crippen molar-refractivity contribution >= 4 is 17.6 Å². The first kappa shape index (κ1) is 15.8. The van der Waals surface area contributed by atoms with Crippen LogP contribution >= 0.6 is 11.6 Å². The van der Waals surface area contributed by atoms with E-state index in [-0.39, 0.29) is 21.7 Å². The summed E-state index contributed by atoms with van der Waals surface area (Å²) in [6.07, 6.45) is 0. The van der Waals surface area contributed by atoms with E-state index >= 15 is 0 Å². The molecule has 0 aliphatic carbocycles. The lowest BCUT2D eigenvalue weighted by molar-refractivity contribution is -0.531. The average Bonchev–Trinajstić information content (AvgIpc) is 2.35. The number of hydrogen-bond acceptors (Lipinski definition) is 5. The Morgan fingerprint density at radius 3 is 1.90 bits per heavy atom. The van der Waals surface area contributed by atoms with Gasteiger partial charge in [-0.1, -0.05) is 11.6 Å². The average molecular weight is 303 g/mol. The van der Waals surface area contributed by atoms with Gasteiger partial charge in [0.1, 0.15) is 0 Å². The van der Waals surface area contributed by atoms with E-state index in [0.29, 0.717) is 0 Å². The van der Waals surface area contributed by atoms with E-state index in [2.05, 4.69) is 0 Å². The fourth-order valence-electron chi connectivity index (χ4n) is 1.72. The van der Waals surface area contributed by atoms with Crippen molar-refractivity contribution in [2.75, 3.05) is 0 Å². The Morgan fingerprint density at radius 1 is 1.15 bits per heavy atom. The Morgan fingerprint density at radius 2 is 1.55 bits per heavy atom. The van der Waals surface area contributed by atoms with E-state index < -0.39 is 27.9 Å². The Bertz CT molecular complexity index is 589. The van der Waals surface area contributed by atoms with Crippen molar-refractivity contribution in [1.82, 2.24) is 0 Å². The number of halogens is 1. The van der Waals surface area contributed by atoms with Gasteiger partial charge in [-0.2, -0.15) is 0 Å². The first-order valence-corrected chi connectivity index (χ1v) is 5.88. The number of aromatic carboxylic acids is 1. The predicted molar refractivity (Wildman–Crippen MR) is 69.2 cm³/mol. The fourth-order valence-corrected chi connectivity index (χ4v) is 1.97. The minimum absolute atomic E-state index is 0.0269. The van der Waals surface area contributed by atoms with Crippen molar-refractivity contribution in [2.45, 2.75) is 25.9 Å². The molecule has 8 nitrogen and oxygen atoms in total. The van der Waals surface area contributed by atoms with Gasteiger partial charge in [0.05, 0.1) is 10.6 Å². The van der Waals surface area contributed by atoms with Crippen LogP contribution < -0.4 is 0 Å². The summed E-state index contributed by atoms with van der Waals surface area (Å²) >= 11 is 5.76. The van der Waals surface area contributed by atoms with Gasteiger partial charge in [0.25, 0.3) is 0 Å². The monoisotopic (exact) mass is 302 g/mol. The van der Waals surface area contributed by atoms with Gasteiger partial charge < -0.3 is 5.11 Å². The Balaban J connectivity index is 3.57. The third kappa shape index (κ3) is 3.02. The topological polar surface area (TPSA) is 124 Å². The van der Waals surface area contributed by atoms with Gasteiger partial charge in [0, 0.05) is 34.8 Å². The number of carbonyl (C=O) groups is 1. The molecule has 0 bridgehead atoms. The number of hydrogen-bond donors (Lipinski definition) is 1. The predicted octanol–water partition coefficient (Wildman–Crippen LogP) is 2.71. The van der Waals surface area contributed by atoms with Gasteiger partial charge >= 0.3 is 5.97 Å². The van der Waals surface area contributed by atoms with Crippen molar-refractivity contribution in [3.63, 3.8) is 0 Å². The minimum Gasteiger partial charge on any atom is -0.478 e. The van der Waals surface area contributed by atoms with E-state index in [0.717, 1.165) is 12.1 Å². The van der Waals surface area contributed by atoms with Crippen LogP contribution in [0.25, 0.3) is 0 Å². The quantitative estimate of drug-likeness (QED) is 0.658. The molecule has 0 aliphatic heterocycles. The number of benzene rings is 1. The molecule has 1 N–H and O–H groups in total. The molecule has 0 spiro atoms. The van der Waals surface area contributed by atoms with E-state index in [4.69, 9.17) is 16.7 Å². The number of nitro groups is 2. The van der Waals surface area contributed by atoms with Crippen molar-refractivity contribution in [1.29, 1.82) is 0 Å². The van der Waals surface area contributed by atoms with Gasteiger partial charge in [-0.15, -0.1) is 0 Å². The van der Waals surface area contributed by atoms with Crippen LogP contribution in [0.3, 0.4) is 0 Å². The SMILES string of the molecule is CC(c1cc(Cl)c(C(=O)O)cc1C(C)[N+](=O)[O-])[N+](=O)[O-]. The highest BCUT2D eigenvalue weighted by Crippen LogP contribution is 2.32. The molecular weight excluding hydrogens is 292 g/mol. The van der Waals surface area contributed by atoms with Crippen LogP contribution in [0.5, 0.6) is 0 Å². The summed E-state index contributed by atoms with van der Waals surface area (Å²) in [5.74, 6) is -1.35. The summed E-state index contributed by atoms with van der Waals surface area (Å²) in [4.78, 5) is 31.4. The van der Waals surface area contributed by atoms with Crippen LogP contribution in [0.2, 0.25) is 5.02 Å². The Kier molecular flexibility index (Phi) is 4.61. The summed E-state index contributed by atoms with van der Waals surface area (Å²) in [7, 11) is 0. The second-order valence-corrected chi connectivity index (χ2v) is 4.60. The molecule has 0 saturated heterocycles. The second-order valence-electron chi connectivity index (χ2n) is 4.19. The molecule has 0 saturated carbocycles. The molecule has 0 aliphatic rings. The van der Waals surface area contributed by atoms with E-state index in [1.54, 1.807) is 0 Å². The maximum atomic E-state index is 11.0. The van der Waals surface area contributed by atoms with Crippen LogP contribution in [0, 0.1) is 20.2 Å².